The van der Waals surface area contributed by atoms with Gasteiger partial charge in [-0.25, -0.2) is 4.98 Å². The Balaban J connectivity index is 1.93. The molecular weight excluding hydrogens is 364 g/mol. The summed E-state index contributed by atoms with van der Waals surface area (Å²) in [5.41, 5.74) is 4.43. The van der Waals surface area contributed by atoms with Gasteiger partial charge in [0.15, 0.2) is 0 Å². The Hall–Kier alpha value is -3.50. The number of nitrogens with zero attached hydrogens (tertiary/aromatic N) is 1. The van der Waals surface area contributed by atoms with E-state index in [0.717, 1.165) is 47.8 Å². The molecule has 1 N–H and O–H groups in total. The Bertz CT molecular complexity index is 1580. The molecule has 3 aromatic carbocycles. The molecule has 6 aromatic rings. The molecule has 3 aromatic heterocycles. The van der Waals surface area contributed by atoms with Gasteiger partial charge in [0.2, 0.25) is 0 Å². The van der Waals surface area contributed by atoms with Gasteiger partial charge in [-0.15, -0.1) is 11.3 Å². The first-order valence-corrected chi connectivity index (χ1v) is 9.94. The zero-order valence-electron chi connectivity index (χ0n) is 14.8. The first kappa shape index (κ1) is 15.5. The number of para-hydroxylation sites is 1. The van der Waals surface area contributed by atoms with Crippen molar-refractivity contribution < 1.29 is 0 Å². The number of hydrogen-bond acceptors (Lipinski definition) is 3. The number of aromatic amines is 1. The first-order valence-electron chi connectivity index (χ1n) is 9.12. The van der Waals surface area contributed by atoms with Crippen LogP contribution in [0.5, 0.6) is 0 Å². The second kappa shape index (κ2) is 5.75. The Morgan fingerprint density at radius 2 is 1.50 bits per heavy atom. The normalized spacial score (nSPS) is 11.7. The largest absolute Gasteiger partial charge is 0.320 e. The molecule has 0 spiro atoms. The molecule has 0 saturated heterocycles. The maximum absolute atomic E-state index is 13.3. The van der Waals surface area contributed by atoms with E-state index in [2.05, 4.69) is 29.2 Å². The van der Waals surface area contributed by atoms with Crippen molar-refractivity contribution in [1.29, 1.82) is 0 Å². The van der Waals surface area contributed by atoms with E-state index in [1.807, 2.05) is 54.6 Å². The Morgan fingerprint density at radius 3 is 2.36 bits per heavy atom. The van der Waals surface area contributed by atoms with E-state index in [1.165, 1.54) is 0 Å². The van der Waals surface area contributed by atoms with E-state index < -0.39 is 0 Å². The summed E-state index contributed by atoms with van der Waals surface area (Å²) in [7, 11) is 0. The summed E-state index contributed by atoms with van der Waals surface area (Å²) in [6.45, 7) is 0. The minimum absolute atomic E-state index is 0.0943. The summed E-state index contributed by atoms with van der Waals surface area (Å²) in [6, 6.07) is 26.3. The highest BCUT2D eigenvalue weighted by Crippen LogP contribution is 2.39. The quantitative estimate of drug-likeness (QED) is 0.351. The van der Waals surface area contributed by atoms with Crippen molar-refractivity contribution in [2.75, 3.05) is 0 Å². The van der Waals surface area contributed by atoms with E-state index >= 15 is 0 Å². The van der Waals surface area contributed by atoms with E-state index in [0.29, 0.717) is 5.39 Å². The van der Waals surface area contributed by atoms with Crippen LogP contribution >= 0.6 is 11.3 Å². The van der Waals surface area contributed by atoms with Crippen LogP contribution in [0.25, 0.3) is 53.2 Å². The van der Waals surface area contributed by atoms with Crippen LogP contribution in [0.15, 0.2) is 83.7 Å². The van der Waals surface area contributed by atoms with E-state index in [9.17, 15) is 4.79 Å². The molecule has 132 valence electrons. The fourth-order valence-electron chi connectivity index (χ4n) is 4.01. The maximum Gasteiger partial charge on any atom is 0.258 e. The SMILES string of the molecule is O=c1[nH]c2c3ccccc3sc2c2nc3ccccc3c(-c3ccccc3)c12. The molecule has 0 bridgehead atoms. The molecule has 4 heteroatoms. The van der Waals surface area contributed by atoms with Crippen LogP contribution in [0.1, 0.15) is 0 Å². The molecule has 0 fully saturated rings. The lowest BCUT2D eigenvalue weighted by Gasteiger charge is -2.11. The lowest BCUT2D eigenvalue weighted by Crippen LogP contribution is -2.08. The van der Waals surface area contributed by atoms with Crippen LogP contribution < -0.4 is 5.56 Å². The number of fused-ring (bicyclic) bond motifs is 6. The summed E-state index contributed by atoms with van der Waals surface area (Å²) in [4.78, 5) is 21.4. The Labute approximate surface area is 163 Å². The van der Waals surface area contributed by atoms with Gasteiger partial charge in [0.1, 0.15) is 0 Å². The monoisotopic (exact) mass is 378 g/mol. The van der Waals surface area contributed by atoms with Gasteiger partial charge in [0.05, 0.1) is 26.6 Å². The highest BCUT2D eigenvalue weighted by atomic mass is 32.1. The number of H-pyrrole nitrogens is 1. The molecule has 3 nitrogen and oxygen atoms in total. The summed E-state index contributed by atoms with van der Waals surface area (Å²) >= 11 is 1.68. The van der Waals surface area contributed by atoms with Crippen molar-refractivity contribution in [2.24, 2.45) is 0 Å². The second-order valence-corrected chi connectivity index (χ2v) is 7.90. The zero-order valence-corrected chi connectivity index (χ0v) is 15.6. The standard InChI is InChI=1S/C24H14N2OS/c27-24-20-19(14-8-2-1-3-9-14)15-10-4-6-12-17(15)25-22(20)23-21(26-24)16-11-5-7-13-18(16)28-23/h1-13H,(H,26,27). The molecule has 0 aliphatic carbocycles. The topological polar surface area (TPSA) is 45.8 Å². The van der Waals surface area contributed by atoms with Gasteiger partial charge >= 0.3 is 0 Å². The van der Waals surface area contributed by atoms with Gasteiger partial charge < -0.3 is 4.98 Å². The predicted octanol–water partition coefficient (Wildman–Crippen LogP) is 6.11. The van der Waals surface area contributed by atoms with Crippen LogP contribution in [0.4, 0.5) is 0 Å². The van der Waals surface area contributed by atoms with Crippen molar-refractivity contribution >= 4 is 53.4 Å². The summed E-state index contributed by atoms with van der Waals surface area (Å²) < 4.78 is 2.18. The molecule has 6 rings (SSSR count). The lowest BCUT2D eigenvalue weighted by molar-refractivity contribution is 1.35. The zero-order chi connectivity index (χ0) is 18.7. The lowest BCUT2D eigenvalue weighted by atomic mass is 9.97. The third-order valence-corrected chi connectivity index (χ3v) is 6.41. The number of hydrogen-bond donors (Lipinski definition) is 1. The number of benzene rings is 3. The predicted molar refractivity (Wildman–Crippen MR) is 118 cm³/mol. The van der Waals surface area contributed by atoms with Crippen molar-refractivity contribution in [1.82, 2.24) is 9.97 Å². The number of aromatic nitrogens is 2. The van der Waals surface area contributed by atoms with Crippen molar-refractivity contribution in [3.05, 3.63) is 89.2 Å². The summed E-state index contributed by atoms with van der Waals surface area (Å²) in [5, 5.41) is 2.72. The Kier molecular flexibility index (Phi) is 3.19. The summed E-state index contributed by atoms with van der Waals surface area (Å²) in [6.07, 6.45) is 0. The molecule has 0 radical (unpaired) electrons. The van der Waals surface area contributed by atoms with Gasteiger partial charge in [0.25, 0.3) is 5.56 Å². The minimum atomic E-state index is -0.0943. The highest BCUT2D eigenvalue weighted by molar-refractivity contribution is 7.26. The third kappa shape index (κ3) is 2.09. The van der Waals surface area contributed by atoms with E-state index in [-0.39, 0.29) is 5.56 Å². The molecule has 3 heterocycles. The number of pyridine rings is 2. The van der Waals surface area contributed by atoms with Crippen LogP contribution in [-0.4, -0.2) is 9.97 Å². The third-order valence-electron chi connectivity index (χ3n) is 5.23. The molecule has 0 unspecified atom stereocenters. The molecule has 0 amide bonds. The van der Waals surface area contributed by atoms with Gasteiger partial charge in [0, 0.05) is 21.0 Å². The molecule has 0 aliphatic heterocycles. The fourth-order valence-corrected chi connectivity index (χ4v) is 5.17. The van der Waals surface area contributed by atoms with Crippen LogP contribution in [0.3, 0.4) is 0 Å². The number of rotatable bonds is 1. The average molecular weight is 378 g/mol. The minimum Gasteiger partial charge on any atom is -0.320 e. The van der Waals surface area contributed by atoms with Crippen LogP contribution in [0.2, 0.25) is 0 Å². The molecule has 0 atom stereocenters. The van der Waals surface area contributed by atoms with Gasteiger partial charge in [-0.2, -0.15) is 0 Å². The van der Waals surface area contributed by atoms with Gasteiger partial charge in [-0.3, -0.25) is 4.79 Å². The van der Waals surface area contributed by atoms with Crippen molar-refractivity contribution in [3.8, 4) is 11.1 Å². The second-order valence-electron chi connectivity index (χ2n) is 6.85. The van der Waals surface area contributed by atoms with Crippen LogP contribution in [0, 0.1) is 0 Å². The van der Waals surface area contributed by atoms with Crippen molar-refractivity contribution in [2.45, 2.75) is 0 Å². The average Bonchev–Trinajstić information content (AvgIpc) is 3.12. The van der Waals surface area contributed by atoms with Gasteiger partial charge in [-0.05, 0) is 17.7 Å². The number of nitrogens with one attached hydrogen (secondary N) is 1. The van der Waals surface area contributed by atoms with Crippen molar-refractivity contribution in [3.63, 3.8) is 0 Å². The Morgan fingerprint density at radius 1 is 0.786 bits per heavy atom. The molecular formula is C24H14N2OS. The maximum atomic E-state index is 13.3. The molecule has 0 aliphatic rings. The summed E-state index contributed by atoms with van der Waals surface area (Å²) in [5.74, 6) is 0. The van der Waals surface area contributed by atoms with Crippen LogP contribution in [-0.2, 0) is 0 Å². The molecule has 28 heavy (non-hydrogen) atoms. The smallest absolute Gasteiger partial charge is 0.258 e. The number of thiophene rings is 1. The van der Waals surface area contributed by atoms with E-state index in [4.69, 9.17) is 4.98 Å². The molecule has 0 saturated carbocycles. The first-order chi connectivity index (χ1) is 13.8. The fraction of sp³-hybridized carbons (Fsp3) is 0. The highest BCUT2D eigenvalue weighted by Gasteiger charge is 2.18. The van der Waals surface area contributed by atoms with E-state index in [1.54, 1.807) is 11.3 Å². The van der Waals surface area contributed by atoms with Gasteiger partial charge in [-0.1, -0.05) is 66.7 Å².